The Labute approximate surface area is 80.4 Å². The molecule has 1 saturated heterocycles. The van der Waals surface area contributed by atoms with Crippen molar-refractivity contribution >= 4 is 11.6 Å². The van der Waals surface area contributed by atoms with Crippen LogP contribution in [0.25, 0.3) is 0 Å². The van der Waals surface area contributed by atoms with Crippen molar-refractivity contribution < 1.29 is 4.74 Å². The maximum absolute atomic E-state index is 6.27. The predicted molar refractivity (Wildman–Crippen MR) is 52.8 cm³/mol. The van der Waals surface area contributed by atoms with E-state index >= 15 is 0 Å². The zero-order valence-corrected chi connectivity index (χ0v) is 8.86. The van der Waals surface area contributed by atoms with Gasteiger partial charge in [-0.05, 0) is 39.0 Å². The summed E-state index contributed by atoms with van der Waals surface area (Å²) < 4.78 is 5.63. The summed E-state index contributed by atoms with van der Waals surface area (Å²) in [5.41, 5.74) is 0. The lowest BCUT2D eigenvalue weighted by molar-refractivity contribution is 0.00517. The summed E-state index contributed by atoms with van der Waals surface area (Å²) in [6, 6.07) is 0. The first kappa shape index (κ1) is 10.3. The van der Waals surface area contributed by atoms with Crippen LogP contribution < -0.4 is 0 Å². The van der Waals surface area contributed by atoms with Gasteiger partial charge in [-0.15, -0.1) is 11.6 Å². The summed E-state index contributed by atoms with van der Waals surface area (Å²) in [4.78, 5) is -0.0536. The number of alkyl halides is 1. The van der Waals surface area contributed by atoms with Crippen molar-refractivity contribution in [1.29, 1.82) is 0 Å². The van der Waals surface area contributed by atoms with Crippen molar-refractivity contribution in [2.24, 2.45) is 0 Å². The molecule has 1 rings (SSSR count). The van der Waals surface area contributed by atoms with Gasteiger partial charge in [-0.2, -0.15) is 0 Å². The number of hydrogen-bond acceptors (Lipinski definition) is 1. The van der Waals surface area contributed by atoms with Crippen LogP contribution in [0.2, 0.25) is 0 Å². The third-order valence-electron chi connectivity index (χ3n) is 2.66. The van der Waals surface area contributed by atoms with Crippen molar-refractivity contribution in [2.75, 3.05) is 6.61 Å². The Morgan fingerprint density at radius 3 is 2.75 bits per heavy atom. The Balaban J connectivity index is 2.28. The number of halogens is 1. The second-order valence-electron chi connectivity index (χ2n) is 3.96. The fourth-order valence-corrected chi connectivity index (χ4v) is 1.76. The molecule has 0 radical (unpaired) electrons. The molecule has 0 bridgehead atoms. The van der Waals surface area contributed by atoms with Crippen LogP contribution in [-0.2, 0) is 4.74 Å². The second kappa shape index (κ2) is 4.48. The van der Waals surface area contributed by atoms with Gasteiger partial charge in [0, 0.05) is 11.5 Å². The van der Waals surface area contributed by atoms with Crippen molar-refractivity contribution in [2.45, 2.75) is 56.9 Å². The Bertz CT molecular complexity index is 128. The van der Waals surface area contributed by atoms with Crippen LogP contribution in [0.15, 0.2) is 0 Å². The second-order valence-corrected chi connectivity index (χ2v) is 4.87. The molecule has 0 spiro atoms. The monoisotopic (exact) mass is 190 g/mol. The molecule has 2 heteroatoms. The fourth-order valence-electron chi connectivity index (χ4n) is 1.59. The quantitative estimate of drug-likeness (QED) is 0.621. The van der Waals surface area contributed by atoms with E-state index in [0.29, 0.717) is 6.10 Å². The van der Waals surface area contributed by atoms with E-state index in [2.05, 4.69) is 13.8 Å². The van der Waals surface area contributed by atoms with Gasteiger partial charge in [0.25, 0.3) is 0 Å². The van der Waals surface area contributed by atoms with Gasteiger partial charge in [0.1, 0.15) is 0 Å². The molecule has 0 aromatic carbocycles. The summed E-state index contributed by atoms with van der Waals surface area (Å²) in [6.07, 6.45) is 6.17. The molecule has 72 valence electrons. The van der Waals surface area contributed by atoms with E-state index in [1.165, 1.54) is 19.3 Å². The zero-order valence-electron chi connectivity index (χ0n) is 8.11. The molecule has 2 atom stereocenters. The standard InChI is InChI=1S/C10H19ClO/c1-3-10(2,11)8-9-6-4-5-7-12-9/h9H,3-8H2,1-2H3. The zero-order chi connectivity index (χ0) is 9.03. The maximum Gasteiger partial charge on any atom is 0.0591 e. The Hall–Kier alpha value is 0.250. The molecule has 0 amide bonds. The van der Waals surface area contributed by atoms with Gasteiger partial charge in [0.15, 0.2) is 0 Å². The number of hydrogen-bond donors (Lipinski definition) is 0. The minimum Gasteiger partial charge on any atom is -0.378 e. The molecular weight excluding hydrogens is 172 g/mol. The van der Waals surface area contributed by atoms with Crippen LogP contribution in [0, 0.1) is 0 Å². The fraction of sp³-hybridized carbons (Fsp3) is 1.00. The summed E-state index contributed by atoms with van der Waals surface area (Å²) in [7, 11) is 0. The summed E-state index contributed by atoms with van der Waals surface area (Å²) >= 11 is 6.27. The summed E-state index contributed by atoms with van der Waals surface area (Å²) in [6.45, 7) is 5.17. The van der Waals surface area contributed by atoms with Gasteiger partial charge in [-0.3, -0.25) is 0 Å². The average molecular weight is 191 g/mol. The van der Waals surface area contributed by atoms with Gasteiger partial charge in [-0.1, -0.05) is 6.92 Å². The molecule has 1 aliphatic rings. The van der Waals surface area contributed by atoms with E-state index in [1.807, 2.05) is 0 Å². The van der Waals surface area contributed by atoms with Gasteiger partial charge in [-0.25, -0.2) is 0 Å². The van der Waals surface area contributed by atoms with Gasteiger partial charge < -0.3 is 4.74 Å². The molecule has 0 saturated carbocycles. The predicted octanol–water partition coefficient (Wildman–Crippen LogP) is 3.35. The van der Waals surface area contributed by atoms with E-state index < -0.39 is 0 Å². The highest BCUT2D eigenvalue weighted by molar-refractivity contribution is 6.23. The van der Waals surface area contributed by atoms with Gasteiger partial charge >= 0.3 is 0 Å². The van der Waals surface area contributed by atoms with E-state index in [9.17, 15) is 0 Å². The molecule has 0 N–H and O–H groups in total. The molecule has 12 heavy (non-hydrogen) atoms. The first-order chi connectivity index (χ1) is 5.64. The van der Waals surface area contributed by atoms with Crippen molar-refractivity contribution in [3.05, 3.63) is 0 Å². The molecule has 1 nitrogen and oxygen atoms in total. The highest BCUT2D eigenvalue weighted by Gasteiger charge is 2.25. The molecule has 1 heterocycles. The largest absolute Gasteiger partial charge is 0.378 e. The van der Waals surface area contributed by atoms with Crippen LogP contribution in [-0.4, -0.2) is 17.6 Å². The van der Waals surface area contributed by atoms with Gasteiger partial charge in [0.2, 0.25) is 0 Å². The average Bonchev–Trinajstić information content (AvgIpc) is 2.06. The highest BCUT2D eigenvalue weighted by atomic mass is 35.5. The molecule has 0 aliphatic carbocycles. The van der Waals surface area contributed by atoms with E-state index in [0.717, 1.165) is 19.4 Å². The first-order valence-corrected chi connectivity index (χ1v) is 5.32. The molecular formula is C10H19ClO. The lowest BCUT2D eigenvalue weighted by atomic mass is 9.96. The van der Waals surface area contributed by atoms with Gasteiger partial charge in [0.05, 0.1) is 6.10 Å². The van der Waals surface area contributed by atoms with Crippen molar-refractivity contribution in [1.82, 2.24) is 0 Å². The molecule has 1 aliphatic heterocycles. The maximum atomic E-state index is 6.27. The Morgan fingerprint density at radius 2 is 2.25 bits per heavy atom. The number of rotatable bonds is 3. The van der Waals surface area contributed by atoms with Crippen LogP contribution in [0.4, 0.5) is 0 Å². The molecule has 1 fully saturated rings. The summed E-state index contributed by atoms with van der Waals surface area (Å²) in [5, 5.41) is 0. The SMILES string of the molecule is CCC(C)(Cl)CC1CCCCO1. The van der Waals surface area contributed by atoms with Crippen molar-refractivity contribution in [3.8, 4) is 0 Å². The van der Waals surface area contributed by atoms with Crippen LogP contribution in [0.3, 0.4) is 0 Å². The van der Waals surface area contributed by atoms with Crippen LogP contribution in [0.5, 0.6) is 0 Å². The third-order valence-corrected chi connectivity index (χ3v) is 3.09. The third kappa shape index (κ3) is 3.32. The Morgan fingerprint density at radius 1 is 1.50 bits per heavy atom. The van der Waals surface area contributed by atoms with Crippen LogP contribution >= 0.6 is 11.6 Å². The molecule has 0 aromatic rings. The normalized spacial score (nSPS) is 29.8. The van der Waals surface area contributed by atoms with E-state index in [1.54, 1.807) is 0 Å². The van der Waals surface area contributed by atoms with E-state index in [4.69, 9.17) is 16.3 Å². The lowest BCUT2D eigenvalue weighted by Crippen LogP contribution is -2.28. The highest BCUT2D eigenvalue weighted by Crippen LogP contribution is 2.29. The minimum absolute atomic E-state index is 0.0536. The van der Waals surface area contributed by atoms with Crippen molar-refractivity contribution in [3.63, 3.8) is 0 Å². The number of ether oxygens (including phenoxy) is 1. The summed E-state index contributed by atoms with van der Waals surface area (Å²) in [5.74, 6) is 0. The topological polar surface area (TPSA) is 9.23 Å². The first-order valence-electron chi connectivity index (χ1n) is 4.94. The van der Waals surface area contributed by atoms with Crippen LogP contribution in [0.1, 0.15) is 46.0 Å². The molecule has 0 aromatic heterocycles. The lowest BCUT2D eigenvalue weighted by Gasteiger charge is -2.29. The van der Waals surface area contributed by atoms with E-state index in [-0.39, 0.29) is 4.87 Å². The Kier molecular flexibility index (Phi) is 3.85. The smallest absolute Gasteiger partial charge is 0.0591 e. The molecule has 2 unspecified atom stereocenters. The minimum atomic E-state index is -0.0536.